The van der Waals surface area contributed by atoms with Crippen LogP contribution >= 0.6 is 34.8 Å². The van der Waals surface area contributed by atoms with E-state index in [2.05, 4.69) is 0 Å². The smallest absolute Gasteiger partial charge is 0.264 e. The fourth-order valence-electron chi connectivity index (χ4n) is 3.85. The highest BCUT2D eigenvalue weighted by Gasteiger charge is 2.41. The topological polar surface area (TPSA) is 63.7 Å². The monoisotopic (exact) mass is 507 g/mol. The molecule has 31 heavy (non-hydrogen) atoms. The van der Waals surface area contributed by atoms with E-state index in [0.29, 0.717) is 36.0 Å². The maximum absolute atomic E-state index is 14.1. The van der Waals surface area contributed by atoms with Gasteiger partial charge in [0.1, 0.15) is 5.82 Å². The number of hydrogen-bond acceptors (Lipinski definition) is 4. The number of hydrogen-bond donors (Lipinski definition) is 0. The maximum Gasteiger partial charge on any atom is 0.264 e. The molecule has 1 atom stereocenters. The third-order valence-electron chi connectivity index (χ3n) is 5.51. The van der Waals surface area contributed by atoms with Gasteiger partial charge in [-0.15, -0.1) is 0 Å². The number of carbonyl (C=O) groups is 1. The van der Waals surface area contributed by atoms with E-state index in [1.807, 2.05) is 6.07 Å². The van der Waals surface area contributed by atoms with E-state index in [9.17, 15) is 17.6 Å². The molecule has 0 spiro atoms. The van der Waals surface area contributed by atoms with Crippen LogP contribution in [0.15, 0.2) is 36.4 Å². The molecule has 2 aromatic rings. The van der Waals surface area contributed by atoms with Crippen LogP contribution < -0.4 is 0 Å². The molecule has 0 unspecified atom stereocenters. The van der Waals surface area contributed by atoms with E-state index < -0.39 is 21.4 Å². The van der Waals surface area contributed by atoms with Crippen molar-refractivity contribution in [2.24, 2.45) is 0 Å². The van der Waals surface area contributed by atoms with Crippen molar-refractivity contribution in [3.05, 3.63) is 68.4 Å². The molecule has 10 heteroatoms. The SMILES string of the molecule is CS(=O)(=O)OCC[C@]1(c2ccc(Cl)c(Cl)c2)CCN(C(=O)Cc2c(F)cccc2Cl)C1. The lowest BCUT2D eigenvalue weighted by atomic mass is 9.77. The minimum atomic E-state index is -3.60. The highest BCUT2D eigenvalue weighted by molar-refractivity contribution is 7.85. The van der Waals surface area contributed by atoms with Gasteiger partial charge < -0.3 is 4.90 Å². The Balaban J connectivity index is 1.83. The third kappa shape index (κ3) is 5.90. The Morgan fingerprint density at radius 1 is 1.16 bits per heavy atom. The quantitative estimate of drug-likeness (QED) is 0.501. The molecule has 0 radical (unpaired) electrons. The summed E-state index contributed by atoms with van der Waals surface area (Å²) in [4.78, 5) is 14.5. The van der Waals surface area contributed by atoms with E-state index in [-0.39, 0.29) is 29.5 Å². The van der Waals surface area contributed by atoms with Gasteiger partial charge in [0.05, 0.1) is 29.3 Å². The van der Waals surface area contributed by atoms with Gasteiger partial charge in [0, 0.05) is 29.1 Å². The minimum absolute atomic E-state index is 0.0414. The van der Waals surface area contributed by atoms with Crippen LogP contribution in [0, 0.1) is 5.82 Å². The van der Waals surface area contributed by atoms with E-state index >= 15 is 0 Å². The van der Waals surface area contributed by atoms with Crippen molar-refractivity contribution in [3.63, 3.8) is 0 Å². The van der Waals surface area contributed by atoms with Crippen molar-refractivity contribution in [1.82, 2.24) is 4.90 Å². The van der Waals surface area contributed by atoms with Gasteiger partial charge in [0.2, 0.25) is 5.91 Å². The number of halogens is 4. The Labute approximate surface area is 196 Å². The number of amides is 1. The molecule has 1 heterocycles. The first kappa shape index (κ1) is 24.3. The molecule has 0 aliphatic carbocycles. The van der Waals surface area contributed by atoms with Crippen molar-refractivity contribution < 1.29 is 21.8 Å². The van der Waals surface area contributed by atoms with Crippen LogP contribution in [0.1, 0.15) is 24.0 Å². The third-order valence-corrected chi connectivity index (χ3v) is 7.19. The van der Waals surface area contributed by atoms with Crippen LogP contribution in [0.3, 0.4) is 0 Å². The molecule has 0 N–H and O–H groups in total. The molecule has 1 saturated heterocycles. The molecule has 168 valence electrons. The molecule has 0 bridgehead atoms. The second-order valence-corrected chi connectivity index (χ2v) is 10.5. The van der Waals surface area contributed by atoms with Crippen molar-refractivity contribution in [3.8, 4) is 0 Å². The summed E-state index contributed by atoms with van der Waals surface area (Å²) in [5, 5.41) is 0.961. The maximum atomic E-state index is 14.1. The zero-order chi connectivity index (χ0) is 22.8. The molecule has 5 nitrogen and oxygen atoms in total. The summed E-state index contributed by atoms with van der Waals surface area (Å²) < 4.78 is 41.9. The minimum Gasteiger partial charge on any atom is -0.341 e. The second-order valence-electron chi connectivity index (χ2n) is 7.63. The summed E-state index contributed by atoms with van der Waals surface area (Å²) in [6, 6.07) is 9.50. The van der Waals surface area contributed by atoms with Crippen molar-refractivity contribution in [2.45, 2.75) is 24.7 Å². The summed E-state index contributed by atoms with van der Waals surface area (Å²) >= 11 is 18.3. The number of rotatable bonds is 7. The number of carbonyl (C=O) groups excluding carboxylic acids is 1. The van der Waals surface area contributed by atoms with Gasteiger partial charge in [-0.3, -0.25) is 8.98 Å². The molecular formula is C21H21Cl3FNO4S. The fraction of sp³-hybridized carbons (Fsp3) is 0.381. The summed E-state index contributed by atoms with van der Waals surface area (Å²) in [6.07, 6.45) is 1.74. The lowest BCUT2D eigenvalue weighted by Crippen LogP contribution is -2.36. The Bertz CT molecular complexity index is 1080. The zero-order valence-electron chi connectivity index (χ0n) is 16.7. The second kappa shape index (κ2) is 9.63. The Kier molecular flexibility index (Phi) is 7.54. The lowest BCUT2D eigenvalue weighted by molar-refractivity contribution is -0.129. The van der Waals surface area contributed by atoms with Gasteiger partial charge in [-0.05, 0) is 42.7 Å². The highest BCUT2D eigenvalue weighted by Crippen LogP contribution is 2.40. The molecule has 0 aromatic heterocycles. The van der Waals surface area contributed by atoms with Gasteiger partial charge in [0.25, 0.3) is 10.1 Å². The van der Waals surface area contributed by atoms with Crippen LogP contribution in [0.2, 0.25) is 15.1 Å². The molecule has 1 aliphatic rings. The first-order valence-corrected chi connectivity index (χ1v) is 12.5. The molecule has 1 amide bonds. The van der Waals surface area contributed by atoms with Crippen molar-refractivity contribution >= 4 is 50.8 Å². The average Bonchev–Trinajstić information content (AvgIpc) is 3.11. The first-order valence-electron chi connectivity index (χ1n) is 9.51. The fourth-order valence-corrected chi connectivity index (χ4v) is 4.76. The number of nitrogens with zero attached hydrogens (tertiary/aromatic N) is 1. The van der Waals surface area contributed by atoms with E-state index in [4.69, 9.17) is 39.0 Å². The van der Waals surface area contributed by atoms with Gasteiger partial charge in [-0.2, -0.15) is 8.42 Å². The Hall–Kier alpha value is -1.38. The number of benzene rings is 2. The van der Waals surface area contributed by atoms with E-state index in [0.717, 1.165) is 11.8 Å². The molecule has 0 saturated carbocycles. The molecule has 1 fully saturated rings. The van der Waals surface area contributed by atoms with E-state index in [1.165, 1.54) is 12.1 Å². The van der Waals surface area contributed by atoms with Crippen LogP contribution in [0.4, 0.5) is 4.39 Å². The van der Waals surface area contributed by atoms with Crippen LogP contribution in [0.25, 0.3) is 0 Å². The van der Waals surface area contributed by atoms with Crippen molar-refractivity contribution in [2.75, 3.05) is 26.0 Å². The summed E-state index contributed by atoms with van der Waals surface area (Å²) in [5.41, 5.74) is 0.410. The lowest BCUT2D eigenvalue weighted by Gasteiger charge is -2.30. The summed E-state index contributed by atoms with van der Waals surface area (Å²) in [6.45, 7) is 0.688. The summed E-state index contributed by atoms with van der Waals surface area (Å²) in [5.74, 6) is -0.796. The molecule has 2 aromatic carbocycles. The van der Waals surface area contributed by atoms with Gasteiger partial charge >= 0.3 is 0 Å². The van der Waals surface area contributed by atoms with Gasteiger partial charge in [-0.1, -0.05) is 46.9 Å². The van der Waals surface area contributed by atoms with Crippen LogP contribution in [0.5, 0.6) is 0 Å². The van der Waals surface area contributed by atoms with E-state index in [1.54, 1.807) is 23.1 Å². The first-order chi connectivity index (χ1) is 14.5. The summed E-state index contributed by atoms with van der Waals surface area (Å²) in [7, 11) is -3.60. The Morgan fingerprint density at radius 3 is 2.55 bits per heavy atom. The standard InChI is InChI=1S/C21H21Cl3FNO4S/c1-31(28,29)30-10-8-21(14-5-6-17(23)18(24)11-14)7-9-26(13-21)20(27)12-15-16(22)3-2-4-19(15)25/h2-6,11H,7-10,12-13H2,1H3/t21-/m1/s1. The zero-order valence-corrected chi connectivity index (χ0v) is 19.8. The highest BCUT2D eigenvalue weighted by atomic mass is 35.5. The van der Waals surface area contributed by atoms with Crippen LogP contribution in [-0.4, -0.2) is 45.2 Å². The Morgan fingerprint density at radius 2 is 1.90 bits per heavy atom. The normalized spacial score (nSPS) is 19.1. The van der Waals surface area contributed by atoms with Crippen LogP contribution in [-0.2, 0) is 30.9 Å². The average molecular weight is 509 g/mol. The predicted molar refractivity (Wildman–Crippen MR) is 120 cm³/mol. The molecule has 1 aliphatic heterocycles. The molecule has 3 rings (SSSR count). The van der Waals surface area contributed by atoms with Gasteiger partial charge in [-0.25, -0.2) is 4.39 Å². The number of likely N-dealkylation sites (tertiary alicyclic amines) is 1. The molecular weight excluding hydrogens is 488 g/mol. The van der Waals surface area contributed by atoms with Crippen molar-refractivity contribution in [1.29, 1.82) is 0 Å². The predicted octanol–water partition coefficient (Wildman–Crippen LogP) is 4.87. The van der Waals surface area contributed by atoms with Gasteiger partial charge in [0.15, 0.2) is 0 Å². The largest absolute Gasteiger partial charge is 0.341 e.